The topological polar surface area (TPSA) is 50.7 Å². The van der Waals surface area contributed by atoms with Crippen molar-refractivity contribution in [1.82, 2.24) is 5.43 Å². The lowest BCUT2D eigenvalue weighted by atomic mass is 10.1. The average molecular weight is 317 g/mol. The highest BCUT2D eigenvalue weighted by Crippen LogP contribution is 2.21. The summed E-state index contributed by atoms with van der Waals surface area (Å²) in [5, 5.41) is 4.56. The van der Waals surface area contributed by atoms with Crippen molar-refractivity contribution >= 4 is 23.7 Å². The van der Waals surface area contributed by atoms with E-state index in [4.69, 9.17) is 16.3 Å². The number of hydrogen-bond donors (Lipinski definition) is 1. The highest BCUT2D eigenvalue weighted by molar-refractivity contribution is 6.30. The summed E-state index contributed by atoms with van der Waals surface area (Å²) in [6, 6.07) is 12.6. The molecule has 114 valence electrons. The predicted molar refractivity (Wildman–Crippen MR) is 88.9 cm³/mol. The molecular formula is C17H17ClN2O2. The second-order valence-electron chi connectivity index (χ2n) is 4.63. The van der Waals surface area contributed by atoms with E-state index in [1.165, 1.54) is 6.21 Å². The molecule has 0 bridgehead atoms. The number of carbonyl (C=O) groups excluding carboxylic acids is 1. The van der Waals surface area contributed by atoms with Crippen LogP contribution in [0.5, 0.6) is 5.75 Å². The maximum atomic E-state index is 12.1. The molecule has 0 aliphatic carbocycles. The SMILES string of the molecule is CCOc1ccc(Cl)cc1/C=N/NC(=O)c1ccccc1C. The van der Waals surface area contributed by atoms with Crippen LogP contribution < -0.4 is 10.2 Å². The maximum Gasteiger partial charge on any atom is 0.271 e. The Morgan fingerprint density at radius 3 is 2.82 bits per heavy atom. The first-order chi connectivity index (χ1) is 10.6. The summed E-state index contributed by atoms with van der Waals surface area (Å²) in [4.78, 5) is 12.1. The van der Waals surface area contributed by atoms with Gasteiger partial charge in [0.1, 0.15) is 5.75 Å². The van der Waals surface area contributed by atoms with Crippen LogP contribution in [0.15, 0.2) is 47.6 Å². The van der Waals surface area contributed by atoms with Gasteiger partial charge in [-0.05, 0) is 43.7 Å². The Kier molecular flexibility index (Phi) is 5.55. The van der Waals surface area contributed by atoms with Crippen LogP contribution in [0.2, 0.25) is 5.02 Å². The summed E-state index contributed by atoms with van der Waals surface area (Å²) in [6.07, 6.45) is 1.52. The molecular weight excluding hydrogens is 300 g/mol. The molecule has 0 unspecified atom stereocenters. The number of ether oxygens (including phenoxy) is 1. The lowest BCUT2D eigenvalue weighted by Gasteiger charge is -2.07. The fourth-order valence-electron chi connectivity index (χ4n) is 1.96. The zero-order valence-corrected chi connectivity index (χ0v) is 13.2. The molecule has 0 aliphatic heterocycles. The lowest BCUT2D eigenvalue weighted by Crippen LogP contribution is -2.18. The van der Waals surface area contributed by atoms with Gasteiger partial charge in [-0.3, -0.25) is 4.79 Å². The fraction of sp³-hybridized carbons (Fsp3) is 0.176. The largest absolute Gasteiger partial charge is 0.493 e. The first-order valence-electron chi connectivity index (χ1n) is 6.93. The molecule has 0 radical (unpaired) electrons. The third kappa shape index (κ3) is 4.09. The van der Waals surface area contributed by atoms with Crippen LogP contribution in [0.1, 0.15) is 28.4 Å². The third-order valence-corrected chi connectivity index (χ3v) is 3.27. The zero-order chi connectivity index (χ0) is 15.9. The number of amides is 1. The Bertz CT molecular complexity index is 699. The molecule has 1 amide bonds. The number of carbonyl (C=O) groups is 1. The summed E-state index contributed by atoms with van der Waals surface area (Å²) in [5.74, 6) is 0.412. The van der Waals surface area contributed by atoms with Gasteiger partial charge in [0.25, 0.3) is 5.91 Å². The van der Waals surface area contributed by atoms with Crippen LogP contribution in [-0.4, -0.2) is 18.7 Å². The Hall–Kier alpha value is -2.33. The minimum Gasteiger partial charge on any atom is -0.493 e. The quantitative estimate of drug-likeness (QED) is 0.673. The average Bonchev–Trinajstić information content (AvgIpc) is 2.50. The number of hydrazone groups is 1. The van der Waals surface area contributed by atoms with Crippen molar-refractivity contribution < 1.29 is 9.53 Å². The number of benzene rings is 2. The normalized spacial score (nSPS) is 10.7. The van der Waals surface area contributed by atoms with Gasteiger partial charge in [0, 0.05) is 16.1 Å². The van der Waals surface area contributed by atoms with Crippen LogP contribution in [0.25, 0.3) is 0 Å². The van der Waals surface area contributed by atoms with Gasteiger partial charge in [0.15, 0.2) is 0 Å². The van der Waals surface area contributed by atoms with Gasteiger partial charge < -0.3 is 4.74 Å². The van der Waals surface area contributed by atoms with Gasteiger partial charge in [0.2, 0.25) is 0 Å². The van der Waals surface area contributed by atoms with Crippen molar-refractivity contribution in [3.05, 3.63) is 64.2 Å². The summed E-state index contributed by atoms with van der Waals surface area (Å²) < 4.78 is 5.49. The van der Waals surface area contributed by atoms with Crippen molar-refractivity contribution in [2.45, 2.75) is 13.8 Å². The Morgan fingerprint density at radius 1 is 1.32 bits per heavy atom. The summed E-state index contributed by atoms with van der Waals surface area (Å²) in [5.41, 5.74) is 4.71. The summed E-state index contributed by atoms with van der Waals surface area (Å²) in [7, 11) is 0. The van der Waals surface area contributed by atoms with Crippen LogP contribution in [-0.2, 0) is 0 Å². The van der Waals surface area contributed by atoms with E-state index in [9.17, 15) is 4.79 Å². The van der Waals surface area contributed by atoms with E-state index in [0.717, 1.165) is 5.56 Å². The smallest absolute Gasteiger partial charge is 0.271 e. The maximum absolute atomic E-state index is 12.1. The predicted octanol–water partition coefficient (Wildman–Crippen LogP) is 3.81. The van der Waals surface area contributed by atoms with E-state index in [1.54, 1.807) is 24.3 Å². The fourth-order valence-corrected chi connectivity index (χ4v) is 2.14. The molecule has 0 saturated carbocycles. The molecule has 0 heterocycles. The van der Waals surface area contributed by atoms with Gasteiger partial charge in [0.05, 0.1) is 12.8 Å². The molecule has 0 aromatic heterocycles. The number of rotatable bonds is 5. The standard InChI is InChI=1S/C17H17ClN2O2/c1-3-22-16-9-8-14(18)10-13(16)11-19-20-17(21)15-7-5-4-6-12(15)2/h4-11H,3H2,1-2H3,(H,20,21)/b19-11+. The van der Waals surface area contributed by atoms with E-state index in [1.807, 2.05) is 32.0 Å². The van der Waals surface area contributed by atoms with Crippen molar-refractivity contribution in [2.24, 2.45) is 5.10 Å². The van der Waals surface area contributed by atoms with Gasteiger partial charge in [-0.2, -0.15) is 5.10 Å². The molecule has 2 aromatic rings. The van der Waals surface area contributed by atoms with Gasteiger partial charge >= 0.3 is 0 Å². The minimum absolute atomic E-state index is 0.255. The number of halogens is 1. The van der Waals surface area contributed by atoms with Crippen LogP contribution in [0.4, 0.5) is 0 Å². The Balaban J connectivity index is 2.11. The van der Waals surface area contributed by atoms with E-state index < -0.39 is 0 Å². The first-order valence-corrected chi connectivity index (χ1v) is 7.31. The zero-order valence-electron chi connectivity index (χ0n) is 12.5. The Labute approximate surface area is 134 Å². The summed E-state index contributed by atoms with van der Waals surface area (Å²) >= 11 is 5.97. The van der Waals surface area contributed by atoms with Gasteiger partial charge in [-0.15, -0.1) is 0 Å². The molecule has 1 N–H and O–H groups in total. The van der Waals surface area contributed by atoms with E-state index in [-0.39, 0.29) is 5.91 Å². The molecule has 2 rings (SSSR count). The van der Waals surface area contributed by atoms with E-state index in [0.29, 0.717) is 28.5 Å². The molecule has 2 aromatic carbocycles. The first kappa shape index (κ1) is 16.0. The molecule has 0 fully saturated rings. The van der Waals surface area contributed by atoms with Crippen LogP contribution in [0, 0.1) is 6.92 Å². The van der Waals surface area contributed by atoms with E-state index in [2.05, 4.69) is 10.5 Å². The van der Waals surface area contributed by atoms with Crippen molar-refractivity contribution in [3.63, 3.8) is 0 Å². The lowest BCUT2D eigenvalue weighted by molar-refractivity contribution is 0.0954. The molecule has 0 aliphatic rings. The van der Waals surface area contributed by atoms with Crippen LogP contribution >= 0.6 is 11.6 Å². The van der Waals surface area contributed by atoms with Crippen molar-refractivity contribution in [2.75, 3.05) is 6.61 Å². The molecule has 22 heavy (non-hydrogen) atoms. The summed E-state index contributed by atoms with van der Waals surface area (Å²) in [6.45, 7) is 4.32. The highest BCUT2D eigenvalue weighted by atomic mass is 35.5. The molecule has 0 saturated heterocycles. The van der Waals surface area contributed by atoms with Crippen LogP contribution in [0.3, 0.4) is 0 Å². The number of aryl methyl sites for hydroxylation is 1. The van der Waals surface area contributed by atoms with Crippen molar-refractivity contribution in [3.8, 4) is 5.75 Å². The number of nitrogens with zero attached hydrogens (tertiary/aromatic N) is 1. The molecule has 0 atom stereocenters. The monoisotopic (exact) mass is 316 g/mol. The second kappa shape index (κ2) is 7.61. The van der Waals surface area contributed by atoms with E-state index >= 15 is 0 Å². The minimum atomic E-state index is -0.255. The molecule has 5 heteroatoms. The number of nitrogens with one attached hydrogen (secondary N) is 1. The van der Waals surface area contributed by atoms with Gasteiger partial charge in [-0.25, -0.2) is 5.43 Å². The Morgan fingerprint density at radius 2 is 2.09 bits per heavy atom. The molecule has 0 spiro atoms. The second-order valence-corrected chi connectivity index (χ2v) is 5.07. The number of hydrogen-bond acceptors (Lipinski definition) is 3. The van der Waals surface area contributed by atoms with Crippen molar-refractivity contribution in [1.29, 1.82) is 0 Å². The molecule has 4 nitrogen and oxygen atoms in total. The highest BCUT2D eigenvalue weighted by Gasteiger charge is 2.07. The van der Waals surface area contributed by atoms with Gasteiger partial charge in [-0.1, -0.05) is 29.8 Å². The third-order valence-electron chi connectivity index (χ3n) is 3.03.